The lowest BCUT2D eigenvalue weighted by atomic mass is 10.1. The summed E-state index contributed by atoms with van der Waals surface area (Å²) in [7, 11) is 6.25. The summed E-state index contributed by atoms with van der Waals surface area (Å²) < 4.78 is 7.82. The van der Waals surface area contributed by atoms with E-state index in [0.29, 0.717) is 4.48 Å². The number of aromatic nitrogens is 1. The molecule has 3 aromatic rings. The van der Waals surface area contributed by atoms with Crippen LogP contribution in [-0.2, 0) is 22.7 Å². The van der Waals surface area contributed by atoms with Crippen LogP contribution in [0.4, 0.5) is 11.4 Å². The minimum absolute atomic E-state index is 0.0366. The molecule has 0 saturated heterocycles. The van der Waals surface area contributed by atoms with E-state index < -0.39 is 4.92 Å². The van der Waals surface area contributed by atoms with Crippen LogP contribution in [0, 0.1) is 10.1 Å². The fraction of sp³-hybridized carbons (Fsp3) is 0.250. The average molecular weight is 368 g/mol. The Balaban J connectivity index is 1.62. The highest BCUT2D eigenvalue weighted by Gasteiger charge is 2.13. The number of ether oxygens (including phenoxy) is 1. The number of benzene rings is 2. The van der Waals surface area contributed by atoms with Crippen molar-refractivity contribution in [2.24, 2.45) is 0 Å². The lowest BCUT2D eigenvalue weighted by Crippen LogP contribution is -2.34. The van der Waals surface area contributed by atoms with Crippen molar-refractivity contribution >= 4 is 28.2 Å². The van der Waals surface area contributed by atoms with Crippen LogP contribution in [-0.4, -0.2) is 36.6 Å². The number of nitro groups is 1. The molecular formula is C20H22N3O4+. The number of hydrogen-bond donors (Lipinski definition) is 0. The number of carbonyl (C=O) groups is 1. The Kier molecular flexibility index (Phi) is 4.96. The highest BCUT2D eigenvalue weighted by atomic mass is 16.6. The zero-order valence-corrected chi connectivity index (χ0v) is 15.6. The highest BCUT2D eigenvalue weighted by molar-refractivity contribution is 5.82. The zero-order valence-electron chi connectivity index (χ0n) is 15.6. The molecule has 0 unspecified atom stereocenters. The van der Waals surface area contributed by atoms with Gasteiger partial charge in [0.1, 0.15) is 5.69 Å². The van der Waals surface area contributed by atoms with E-state index >= 15 is 0 Å². The second-order valence-electron chi connectivity index (χ2n) is 7.29. The molecule has 7 heteroatoms. The second-order valence-corrected chi connectivity index (χ2v) is 7.29. The van der Waals surface area contributed by atoms with Gasteiger partial charge in [-0.05, 0) is 29.8 Å². The number of hydrogen-bond acceptors (Lipinski definition) is 4. The Morgan fingerprint density at radius 2 is 1.81 bits per heavy atom. The van der Waals surface area contributed by atoms with Crippen molar-refractivity contribution in [1.29, 1.82) is 0 Å². The lowest BCUT2D eigenvalue weighted by Gasteiger charge is -2.23. The molecule has 0 aliphatic carbocycles. The molecule has 0 fully saturated rings. The number of quaternary nitrogens is 1. The summed E-state index contributed by atoms with van der Waals surface area (Å²) in [5, 5.41) is 11.6. The predicted molar refractivity (Wildman–Crippen MR) is 104 cm³/mol. The molecule has 0 saturated carbocycles. The van der Waals surface area contributed by atoms with Crippen molar-refractivity contribution < 1.29 is 14.5 Å². The highest BCUT2D eigenvalue weighted by Crippen LogP contribution is 2.22. The van der Waals surface area contributed by atoms with Gasteiger partial charge in [0, 0.05) is 23.7 Å². The first kappa shape index (κ1) is 18.6. The van der Waals surface area contributed by atoms with Gasteiger partial charge in [-0.1, -0.05) is 12.1 Å². The van der Waals surface area contributed by atoms with E-state index in [1.54, 1.807) is 22.9 Å². The van der Waals surface area contributed by atoms with Gasteiger partial charge in [-0.15, -0.1) is 0 Å². The molecule has 0 atom stereocenters. The third-order valence-corrected chi connectivity index (χ3v) is 4.39. The van der Waals surface area contributed by atoms with Crippen molar-refractivity contribution in [3.05, 3.63) is 70.4 Å². The Morgan fingerprint density at radius 1 is 1.11 bits per heavy atom. The normalized spacial score (nSPS) is 11.5. The van der Waals surface area contributed by atoms with Crippen molar-refractivity contribution in [1.82, 2.24) is 9.05 Å². The molecule has 0 bridgehead atoms. The Hall–Kier alpha value is -3.19. The molecule has 0 N–H and O–H groups in total. The monoisotopic (exact) mass is 368 g/mol. The minimum atomic E-state index is -0.430. The lowest BCUT2D eigenvalue weighted by molar-refractivity contribution is -0.384. The first-order chi connectivity index (χ1) is 12.7. The quantitative estimate of drug-likeness (QED) is 0.289. The van der Waals surface area contributed by atoms with Crippen LogP contribution < -0.4 is 4.48 Å². The largest absolute Gasteiger partial charge is 0.444 e. The summed E-state index contributed by atoms with van der Waals surface area (Å²) in [6, 6.07) is 14.3. The van der Waals surface area contributed by atoms with E-state index in [0.717, 1.165) is 22.2 Å². The molecule has 2 aromatic carbocycles. The van der Waals surface area contributed by atoms with Gasteiger partial charge in [-0.3, -0.25) is 19.4 Å². The SMILES string of the molecule is C[N+](C)(C)c1ccc(CC(=O)OCn2ccc3cc([N+](=O)[O-])ccc32)cc1. The van der Waals surface area contributed by atoms with Gasteiger partial charge in [0.2, 0.25) is 0 Å². The molecule has 1 heterocycles. The number of non-ortho nitro benzene ring substituents is 1. The molecule has 0 aliphatic rings. The van der Waals surface area contributed by atoms with E-state index in [1.807, 2.05) is 24.3 Å². The van der Waals surface area contributed by atoms with Crippen LogP contribution in [0.5, 0.6) is 0 Å². The van der Waals surface area contributed by atoms with Gasteiger partial charge >= 0.3 is 5.97 Å². The molecule has 0 amide bonds. The minimum Gasteiger partial charge on any atom is -0.444 e. The van der Waals surface area contributed by atoms with Gasteiger partial charge in [0.25, 0.3) is 5.69 Å². The van der Waals surface area contributed by atoms with E-state index in [-0.39, 0.29) is 24.8 Å². The van der Waals surface area contributed by atoms with Crippen molar-refractivity contribution in [3.8, 4) is 0 Å². The van der Waals surface area contributed by atoms with Crippen LogP contribution >= 0.6 is 0 Å². The van der Waals surface area contributed by atoms with Crippen molar-refractivity contribution in [2.45, 2.75) is 13.2 Å². The standard InChI is InChI=1S/C20H22N3O4/c1-23(2,3)18-7-4-15(5-8-18)12-20(24)27-14-21-11-10-16-13-17(22(25)26)6-9-19(16)21/h4-11,13H,12,14H2,1-3H3/q+1. The average Bonchev–Trinajstić information content (AvgIpc) is 3.02. The second kappa shape index (κ2) is 7.20. The molecule has 0 radical (unpaired) electrons. The maximum absolute atomic E-state index is 12.1. The first-order valence-corrected chi connectivity index (χ1v) is 8.54. The summed E-state index contributed by atoms with van der Waals surface area (Å²) in [6.07, 6.45) is 1.94. The fourth-order valence-electron chi connectivity index (χ4n) is 2.83. The van der Waals surface area contributed by atoms with Crippen molar-refractivity contribution in [3.63, 3.8) is 0 Å². The van der Waals surface area contributed by atoms with Gasteiger partial charge in [-0.2, -0.15) is 0 Å². The number of rotatable bonds is 6. The summed E-state index contributed by atoms with van der Waals surface area (Å²) in [4.78, 5) is 22.6. The number of nitro benzene ring substituents is 1. The predicted octanol–water partition coefficient (Wildman–Crippen LogP) is 3.49. The topological polar surface area (TPSA) is 74.4 Å². The Labute approximate surface area is 157 Å². The van der Waals surface area contributed by atoms with Crippen LogP contribution in [0.1, 0.15) is 5.56 Å². The van der Waals surface area contributed by atoms with Crippen LogP contribution in [0.25, 0.3) is 10.9 Å². The number of esters is 1. The van der Waals surface area contributed by atoms with Gasteiger partial charge in [0.15, 0.2) is 6.73 Å². The molecule has 7 nitrogen and oxygen atoms in total. The first-order valence-electron chi connectivity index (χ1n) is 8.54. The van der Waals surface area contributed by atoms with Gasteiger partial charge in [-0.25, -0.2) is 0 Å². The molecule has 0 spiro atoms. The summed E-state index contributed by atoms with van der Waals surface area (Å²) in [6.45, 7) is 0.0666. The van der Waals surface area contributed by atoms with E-state index in [4.69, 9.17) is 4.74 Å². The molecule has 0 aliphatic heterocycles. The molecular weight excluding hydrogens is 346 g/mol. The smallest absolute Gasteiger partial charge is 0.311 e. The Bertz CT molecular complexity index is 985. The number of nitrogens with zero attached hydrogens (tertiary/aromatic N) is 3. The van der Waals surface area contributed by atoms with E-state index in [9.17, 15) is 14.9 Å². The van der Waals surface area contributed by atoms with E-state index in [2.05, 4.69) is 21.1 Å². The van der Waals surface area contributed by atoms with Gasteiger partial charge in [0.05, 0.1) is 38.0 Å². The van der Waals surface area contributed by atoms with Crippen molar-refractivity contribution in [2.75, 3.05) is 21.1 Å². The summed E-state index contributed by atoms with van der Waals surface area (Å²) in [5.41, 5.74) is 2.86. The molecule has 27 heavy (non-hydrogen) atoms. The number of carbonyl (C=O) groups excluding carboxylic acids is 1. The molecule has 3 rings (SSSR count). The van der Waals surface area contributed by atoms with Crippen LogP contribution in [0.2, 0.25) is 0 Å². The zero-order chi connectivity index (χ0) is 19.6. The Morgan fingerprint density at radius 3 is 2.44 bits per heavy atom. The van der Waals surface area contributed by atoms with E-state index in [1.165, 1.54) is 12.1 Å². The molecule has 1 aromatic heterocycles. The summed E-state index contributed by atoms with van der Waals surface area (Å²) >= 11 is 0. The van der Waals surface area contributed by atoms with Gasteiger partial charge < -0.3 is 9.30 Å². The third kappa shape index (κ3) is 4.32. The summed E-state index contributed by atoms with van der Waals surface area (Å²) in [5.74, 6) is -0.322. The number of fused-ring (bicyclic) bond motifs is 1. The van der Waals surface area contributed by atoms with Crippen LogP contribution in [0.3, 0.4) is 0 Å². The maximum atomic E-state index is 12.1. The molecule has 140 valence electrons. The third-order valence-electron chi connectivity index (χ3n) is 4.39. The fourth-order valence-corrected chi connectivity index (χ4v) is 2.83. The maximum Gasteiger partial charge on any atom is 0.311 e. The van der Waals surface area contributed by atoms with Crippen LogP contribution in [0.15, 0.2) is 54.7 Å².